The van der Waals surface area contributed by atoms with Gasteiger partial charge in [0, 0.05) is 11.1 Å². The lowest BCUT2D eigenvalue weighted by Gasteiger charge is -2.14. The molecule has 21 heavy (non-hydrogen) atoms. The molecule has 2 rings (SSSR count). The van der Waals surface area contributed by atoms with E-state index >= 15 is 0 Å². The second kappa shape index (κ2) is 8.06. The largest absolute Gasteiger partial charge is 0.497 e. The minimum Gasteiger partial charge on any atom is -0.497 e. The quantitative estimate of drug-likeness (QED) is 0.831. The Balaban J connectivity index is 1.73. The zero-order valence-electron chi connectivity index (χ0n) is 12.6. The van der Waals surface area contributed by atoms with Gasteiger partial charge >= 0.3 is 0 Å². The third-order valence-corrected chi connectivity index (χ3v) is 3.77. The molecule has 2 aromatic carbocycles. The maximum Gasteiger partial charge on any atom is 0.118 e. The van der Waals surface area contributed by atoms with E-state index in [9.17, 15) is 0 Å². The molecule has 112 valence electrons. The first-order chi connectivity index (χ1) is 10.2. The van der Waals surface area contributed by atoms with Crippen LogP contribution in [-0.4, -0.2) is 19.7 Å². The molecule has 0 heterocycles. The molecule has 0 amide bonds. The van der Waals surface area contributed by atoms with Crippen molar-refractivity contribution >= 4 is 11.6 Å². The summed E-state index contributed by atoms with van der Waals surface area (Å²) < 4.78 is 5.17. The summed E-state index contributed by atoms with van der Waals surface area (Å²) in [5.74, 6) is 0.905. The summed E-state index contributed by atoms with van der Waals surface area (Å²) in [4.78, 5) is 0. The smallest absolute Gasteiger partial charge is 0.118 e. The van der Waals surface area contributed by atoms with E-state index < -0.39 is 0 Å². The first kappa shape index (κ1) is 15.9. The molecule has 0 saturated carbocycles. The lowest BCUT2D eigenvalue weighted by atomic mass is 10.1. The van der Waals surface area contributed by atoms with Crippen LogP contribution >= 0.6 is 11.6 Å². The predicted octanol–water partition coefficient (Wildman–Crippen LogP) is 4.11. The van der Waals surface area contributed by atoms with Gasteiger partial charge in [0.05, 0.1) is 7.11 Å². The van der Waals surface area contributed by atoms with Gasteiger partial charge in [-0.3, -0.25) is 0 Å². The third-order valence-electron chi connectivity index (χ3n) is 3.52. The van der Waals surface area contributed by atoms with Crippen LogP contribution in [0.15, 0.2) is 48.5 Å². The summed E-state index contributed by atoms with van der Waals surface area (Å²) in [6, 6.07) is 16.8. The molecule has 0 aliphatic heterocycles. The Morgan fingerprint density at radius 2 is 1.62 bits per heavy atom. The zero-order chi connectivity index (χ0) is 15.1. The Hall–Kier alpha value is -1.51. The highest BCUT2D eigenvalue weighted by Crippen LogP contribution is 2.13. The van der Waals surface area contributed by atoms with Gasteiger partial charge in [-0.1, -0.05) is 35.9 Å². The average molecular weight is 304 g/mol. The number of nitrogens with one attached hydrogen (secondary N) is 1. The van der Waals surface area contributed by atoms with Crippen molar-refractivity contribution in [1.29, 1.82) is 0 Å². The SMILES string of the molecule is COc1ccc(C[C@H](C)NCCc2ccc(Cl)cc2)cc1. The van der Waals surface area contributed by atoms with Crippen LogP contribution in [0.5, 0.6) is 5.75 Å². The monoisotopic (exact) mass is 303 g/mol. The Kier molecular flexibility index (Phi) is 6.09. The topological polar surface area (TPSA) is 21.3 Å². The Morgan fingerprint density at radius 1 is 1.00 bits per heavy atom. The van der Waals surface area contributed by atoms with Crippen LogP contribution in [0, 0.1) is 0 Å². The van der Waals surface area contributed by atoms with Crippen LogP contribution in [-0.2, 0) is 12.8 Å². The van der Waals surface area contributed by atoms with Crippen LogP contribution in [0.4, 0.5) is 0 Å². The van der Waals surface area contributed by atoms with Gasteiger partial charge in [0.1, 0.15) is 5.75 Å². The van der Waals surface area contributed by atoms with Crippen LogP contribution in [0.1, 0.15) is 18.1 Å². The van der Waals surface area contributed by atoms with E-state index in [0.717, 1.165) is 30.2 Å². The summed E-state index contributed by atoms with van der Waals surface area (Å²) in [6.07, 6.45) is 2.04. The minimum absolute atomic E-state index is 0.450. The number of ether oxygens (including phenoxy) is 1. The highest BCUT2D eigenvalue weighted by Gasteiger charge is 2.03. The molecule has 2 nitrogen and oxygen atoms in total. The fourth-order valence-corrected chi connectivity index (χ4v) is 2.43. The summed E-state index contributed by atoms with van der Waals surface area (Å²) >= 11 is 5.88. The fourth-order valence-electron chi connectivity index (χ4n) is 2.30. The van der Waals surface area contributed by atoms with E-state index in [1.165, 1.54) is 11.1 Å². The fraction of sp³-hybridized carbons (Fsp3) is 0.333. The van der Waals surface area contributed by atoms with Crippen molar-refractivity contribution in [3.8, 4) is 5.75 Å². The molecule has 0 fully saturated rings. The normalized spacial score (nSPS) is 12.1. The molecular weight excluding hydrogens is 282 g/mol. The molecule has 0 saturated heterocycles. The van der Waals surface area contributed by atoms with Crippen LogP contribution in [0.2, 0.25) is 5.02 Å². The van der Waals surface area contributed by atoms with Crippen molar-refractivity contribution < 1.29 is 4.74 Å². The van der Waals surface area contributed by atoms with Gasteiger partial charge in [0.25, 0.3) is 0 Å². The number of hydrogen-bond acceptors (Lipinski definition) is 2. The number of halogens is 1. The molecule has 0 aliphatic carbocycles. The Bertz CT molecular complexity index is 536. The van der Waals surface area contributed by atoms with Gasteiger partial charge in [-0.2, -0.15) is 0 Å². The number of benzene rings is 2. The van der Waals surface area contributed by atoms with Gasteiger partial charge < -0.3 is 10.1 Å². The number of hydrogen-bond donors (Lipinski definition) is 1. The number of rotatable bonds is 7. The molecule has 2 aromatic rings. The standard InChI is InChI=1S/C18H22ClNO/c1-14(13-16-5-9-18(21-2)10-6-16)20-12-11-15-3-7-17(19)8-4-15/h3-10,14,20H,11-13H2,1-2H3/t14-/m0/s1. The Morgan fingerprint density at radius 3 is 2.24 bits per heavy atom. The summed E-state index contributed by atoms with van der Waals surface area (Å²) in [5, 5.41) is 4.35. The van der Waals surface area contributed by atoms with E-state index in [1.807, 2.05) is 24.3 Å². The van der Waals surface area contributed by atoms with Gasteiger partial charge in [0.2, 0.25) is 0 Å². The third kappa shape index (κ3) is 5.41. The lowest BCUT2D eigenvalue weighted by molar-refractivity contribution is 0.414. The van der Waals surface area contributed by atoms with E-state index in [0.29, 0.717) is 6.04 Å². The highest BCUT2D eigenvalue weighted by atomic mass is 35.5. The molecular formula is C18H22ClNO. The summed E-state index contributed by atoms with van der Waals surface area (Å²) in [6.45, 7) is 3.19. The van der Waals surface area contributed by atoms with Crippen molar-refractivity contribution in [3.63, 3.8) is 0 Å². The molecule has 0 spiro atoms. The first-order valence-electron chi connectivity index (χ1n) is 7.28. The molecule has 0 aliphatic rings. The van der Waals surface area contributed by atoms with Gasteiger partial charge in [-0.25, -0.2) is 0 Å². The van der Waals surface area contributed by atoms with Crippen molar-refractivity contribution in [1.82, 2.24) is 5.32 Å². The molecule has 0 radical (unpaired) electrons. The predicted molar refractivity (Wildman–Crippen MR) is 89.3 cm³/mol. The summed E-state index contributed by atoms with van der Waals surface area (Å²) in [5.41, 5.74) is 2.63. The molecule has 3 heteroatoms. The van der Waals surface area contributed by atoms with Crippen LogP contribution in [0.25, 0.3) is 0 Å². The molecule has 0 bridgehead atoms. The van der Waals surface area contributed by atoms with Crippen molar-refractivity contribution in [2.24, 2.45) is 0 Å². The minimum atomic E-state index is 0.450. The first-order valence-corrected chi connectivity index (χ1v) is 7.66. The van der Waals surface area contributed by atoms with Gasteiger partial charge in [0.15, 0.2) is 0 Å². The zero-order valence-corrected chi connectivity index (χ0v) is 13.4. The Labute approximate surface area is 132 Å². The molecule has 0 unspecified atom stereocenters. The van der Waals surface area contributed by atoms with E-state index in [4.69, 9.17) is 16.3 Å². The molecule has 1 atom stereocenters. The average Bonchev–Trinajstić information content (AvgIpc) is 2.50. The summed E-state index contributed by atoms with van der Waals surface area (Å²) in [7, 11) is 1.69. The second-order valence-electron chi connectivity index (χ2n) is 5.28. The van der Waals surface area contributed by atoms with Crippen molar-refractivity contribution in [2.75, 3.05) is 13.7 Å². The lowest BCUT2D eigenvalue weighted by Crippen LogP contribution is -2.29. The van der Waals surface area contributed by atoms with Crippen molar-refractivity contribution in [3.05, 3.63) is 64.7 Å². The van der Waals surface area contributed by atoms with Crippen LogP contribution < -0.4 is 10.1 Å². The molecule has 0 aromatic heterocycles. The van der Waals surface area contributed by atoms with Crippen LogP contribution in [0.3, 0.4) is 0 Å². The molecule has 1 N–H and O–H groups in total. The van der Waals surface area contributed by atoms with E-state index in [2.05, 4.69) is 36.5 Å². The van der Waals surface area contributed by atoms with Gasteiger partial charge in [-0.15, -0.1) is 0 Å². The van der Waals surface area contributed by atoms with Crippen molar-refractivity contribution in [2.45, 2.75) is 25.8 Å². The highest BCUT2D eigenvalue weighted by molar-refractivity contribution is 6.30. The maximum atomic E-state index is 5.88. The van der Waals surface area contributed by atoms with E-state index in [1.54, 1.807) is 7.11 Å². The second-order valence-corrected chi connectivity index (χ2v) is 5.72. The van der Waals surface area contributed by atoms with E-state index in [-0.39, 0.29) is 0 Å². The maximum absolute atomic E-state index is 5.88. The number of methoxy groups -OCH3 is 1. The van der Waals surface area contributed by atoms with Gasteiger partial charge in [-0.05, 0) is 61.7 Å².